The highest BCUT2D eigenvalue weighted by atomic mass is 35.5. The Morgan fingerprint density at radius 1 is 1.03 bits per heavy atom. The summed E-state index contributed by atoms with van der Waals surface area (Å²) in [5.74, 6) is -0.837. The monoisotopic (exact) mass is 513 g/mol. The SMILES string of the molecule is CCC(C)NC(=O)C(C)N(Cc1ccccc1)C(=O)CN(c1ccc(Cl)c(Cl)c1)S(C)(=O)=O. The highest BCUT2D eigenvalue weighted by molar-refractivity contribution is 7.92. The number of rotatable bonds is 10. The quantitative estimate of drug-likeness (QED) is 0.518. The molecule has 0 aliphatic heterocycles. The second kappa shape index (κ2) is 11.7. The Hall–Kier alpha value is -2.29. The second-order valence-electron chi connectivity index (χ2n) is 7.87. The van der Waals surface area contributed by atoms with Gasteiger partial charge in [0.15, 0.2) is 0 Å². The van der Waals surface area contributed by atoms with Crippen LogP contribution in [0.15, 0.2) is 48.5 Å². The van der Waals surface area contributed by atoms with Gasteiger partial charge in [0.05, 0.1) is 22.0 Å². The summed E-state index contributed by atoms with van der Waals surface area (Å²) in [4.78, 5) is 27.6. The maximum Gasteiger partial charge on any atom is 0.244 e. The smallest absolute Gasteiger partial charge is 0.244 e. The van der Waals surface area contributed by atoms with Crippen LogP contribution >= 0.6 is 23.2 Å². The molecule has 180 valence electrons. The Bertz CT molecular complexity index is 1080. The van der Waals surface area contributed by atoms with E-state index in [0.29, 0.717) is 0 Å². The Balaban J connectivity index is 2.38. The minimum atomic E-state index is -3.83. The molecule has 2 amide bonds. The van der Waals surface area contributed by atoms with Crippen molar-refractivity contribution in [1.82, 2.24) is 10.2 Å². The van der Waals surface area contributed by atoms with Crippen LogP contribution in [-0.2, 0) is 26.2 Å². The van der Waals surface area contributed by atoms with Gasteiger partial charge in [-0.2, -0.15) is 0 Å². The van der Waals surface area contributed by atoms with Crippen molar-refractivity contribution >= 4 is 50.7 Å². The van der Waals surface area contributed by atoms with E-state index in [9.17, 15) is 18.0 Å². The van der Waals surface area contributed by atoms with Gasteiger partial charge in [0.2, 0.25) is 21.8 Å². The molecule has 2 atom stereocenters. The molecule has 2 aromatic carbocycles. The summed E-state index contributed by atoms with van der Waals surface area (Å²) < 4.78 is 26.0. The average Bonchev–Trinajstić information content (AvgIpc) is 2.76. The van der Waals surface area contributed by atoms with E-state index in [1.165, 1.54) is 23.1 Å². The number of nitrogens with one attached hydrogen (secondary N) is 1. The third kappa shape index (κ3) is 7.62. The highest BCUT2D eigenvalue weighted by Crippen LogP contribution is 2.28. The molecule has 2 aromatic rings. The normalized spacial score (nSPS) is 13.2. The van der Waals surface area contributed by atoms with Crippen LogP contribution in [0.25, 0.3) is 0 Å². The number of hydrogen-bond acceptors (Lipinski definition) is 4. The number of nitrogens with zero attached hydrogens (tertiary/aromatic N) is 2. The van der Waals surface area contributed by atoms with E-state index >= 15 is 0 Å². The summed E-state index contributed by atoms with van der Waals surface area (Å²) in [5.41, 5.74) is 1.02. The number of benzene rings is 2. The van der Waals surface area contributed by atoms with Crippen molar-refractivity contribution in [2.75, 3.05) is 17.1 Å². The largest absolute Gasteiger partial charge is 0.352 e. The summed E-state index contributed by atoms with van der Waals surface area (Å²) in [6, 6.07) is 12.7. The van der Waals surface area contributed by atoms with Crippen LogP contribution in [0.4, 0.5) is 5.69 Å². The lowest BCUT2D eigenvalue weighted by atomic mass is 10.1. The molecule has 7 nitrogen and oxygen atoms in total. The number of hydrogen-bond donors (Lipinski definition) is 1. The van der Waals surface area contributed by atoms with E-state index < -0.39 is 28.5 Å². The molecule has 0 aliphatic carbocycles. The number of sulfonamides is 1. The maximum absolute atomic E-state index is 13.4. The second-order valence-corrected chi connectivity index (χ2v) is 10.6. The fraction of sp³-hybridized carbons (Fsp3) is 0.391. The van der Waals surface area contributed by atoms with Gasteiger partial charge in [0.25, 0.3) is 0 Å². The summed E-state index contributed by atoms with van der Waals surface area (Å²) in [6.45, 7) is 5.11. The molecule has 0 bridgehead atoms. The van der Waals surface area contributed by atoms with Gasteiger partial charge in [-0.1, -0.05) is 60.5 Å². The topological polar surface area (TPSA) is 86.8 Å². The predicted octanol–water partition coefficient (Wildman–Crippen LogP) is 4.09. The fourth-order valence-electron chi connectivity index (χ4n) is 3.08. The average molecular weight is 514 g/mol. The zero-order chi connectivity index (χ0) is 24.8. The number of carbonyl (C=O) groups is 2. The molecule has 0 saturated heterocycles. The molecule has 0 aromatic heterocycles. The zero-order valence-corrected chi connectivity index (χ0v) is 21.4. The first kappa shape index (κ1) is 27.0. The molecule has 0 saturated carbocycles. The van der Waals surface area contributed by atoms with E-state index in [2.05, 4.69) is 5.32 Å². The van der Waals surface area contributed by atoms with Crippen molar-refractivity contribution in [3.05, 3.63) is 64.1 Å². The van der Waals surface area contributed by atoms with Gasteiger partial charge < -0.3 is 10.2 Å². The third-order valence-corrected chi connectivity index (χ3v) is 7.11. The molecule has 1 N–H and O–H groups in total. The number of carbonyl (C=O) groups excluding carboxylic acids is 2. The van der Waals surface area contributed by atoms with Gasteiger partial charge >= 0.3 is 0 Å². The molecule has 0 spiro atoms. The standard InChI is InChI=1S/C23H29Cl2N3O4S/c1-5-16(2)26-23(30)17(3)27(14-18-9-7-6-8-10-18)22(29)15-28(33(4,31)32)19-11-12-20(24)21(25)13-19/h6-13,16-17H,5,14-15H2,1-4H3,(H,26,30). The van der Waals surface area contributed by atoms with E-state index in [4.69, 9.17) is 23.2 Å². The van der Waals surface area contributed by atoms with Gasteiger partial charge in [-0.25, -0.2) is 8.42 Å². The molecule has 0 fully saturated rings. The minimum absolute atomic E-state index is 0.0580. The Morgan fingerprint density at radius 3 is 2.21 bits per heavy atom. The lowest BCUT2D eigenvalue weighted by Gasteiger charge is -2.32. The summed E-state index contributed by atoms with van der Waals surface area (Å²) in [5, 5.41) is 3.31. The number of anilines is 1. The van der Waals surface area contributed by atoms with Crippen molar-refractivity contribution in [2.24, 2.45) is 0 Å². The summed E-state index contributed by atoms with van der Waals surface area (Å²) in [6.07, 6.45) is 1.74. The first-order chi connectivity index (χ1) is 15.4. The van der Waals surface area contributed by atoms with Crippen LogP contribution < -0.4 is 9.62 Å². The molecule has 0 aliphatic rings. The molecule has 10 heteroatoms. The van der Waals surface area contributed by atoms with E-state index in [1.54, 1.807) is 6.92 Å². The lowest BCUT2D eigenvalue weighted by Crippen LogP contribution is -2.52. The van der Waals surface area contributed by atoms with Gasteiger partial charge in [-0.05, 0) is 44.0 Å². The van der Waals surface area contributed by atoms with Crippen LogP contribution in [-0.4, -0.2) is 50.0 Å². The van der Waals surface area contributed by atoms with Gasteiger partial charge in [-0.15, -0.1) is 0 Å². The van der Waals surface area contributed by atoms with Crippen LogP contribution in [0.1, 0.15) is 32.8 Å². The molecular formula is C23H29Cl2N3O4S. The van der Waals surface area contributed by atoms with Crippen molar-refractivity contribution in [3.8, 4) is 0 Å². The maximum atomic E-state index is 13.4. The Labute approximate surface area is 205 Å². The van der Waals surface area contributed by atoms with Gasteiger partial charge in [0.1, 0.15) is 12.6 Å². The van der Waals surface area contributed by atoms with Crippen LogP contribution in [0.2, 0.25) is 10.0 Å². The summed E-state index contributed by atoms with van der Waals surface area (Å²) in [7, 11) is -3.83. The van der Waals surface area contributed by atoms with Gasteiger partial charge in [-0.3, -0.25) is 13.9 Å². The number of amides is 2. The van der Waals surface area contributed by atoms with Crippen LogP contribution in [0.5, 0.6) is 0 Å². The summed E-state index contributed by atoms with van der Waals surface area (Å²) >= 11 is 12.0. The molecule has 2 rings (SSSR count). The molecule has 33 heavy (non-hydrogen) atoms. The van der Waals surface area contributed by atoms with Crippen LogP contribution in [0, 0.1) is 0 Å². The molecule has 0 heterocycles. The number of halogens is 2. The first-order valence-corrected chi connectivity index (χ1v) is 13.1. The van der Waals surface area contributed by atoms with E-state index in [1.807, 2.05) is 44.2 Å². The third-order valence-electron chi connectivity index (χ3n) is 5.23. The van der Waals surface area contributed by atoms with Crippen molar-refractivity contribution < 1.29 is 18.0 Å². The van der Waals surface area contributed by atoms with E-state index in [-0.39, 0.29) is 34.2 Å². The highest BCUT2D eigenvalue weighted by Gasteiger charge is 2.30. The zero-order valence-electron chi connectivity index (χ0n) is 19.1. The first-order valence-electron chi connectivity index (χ1n) is 10.5. The molecular weight excluding hydrogens is 485 g/mol. The van der Waals surface area contributed by atoms with Crippen molar-refractivity contribution in [2.45, 2.75) is 45.8 Å². The van der Waals surface area contributed by atoms with Crippen molar-refractivity contribution in [3.63, 3.8) is 0 Å². The van der Waals surface area contributed by atoms with Crippen molar-refractivity contribution in [1.29, 1.82) is 0 Å². The molecule has 0 radical (unpaired) electrons. The Morgan fingerprint density at radius 2 is 1.67 bits per heavy atom. The minimum Gasteiger partial charge on any atom is -0.352 e. The van der Waals surface area contributed by atoms with Gasteiger partial charge in [0, 0.05) is 12.6 Å². The Kier molecular flexibility index (Phi) is 9.57. The van der Waals surface area contributed by atoms with E-state index in [0.717, 1.165) is 22.5 Å². The lowest BCUT2D eigenvalue weighted by molar-refractivity contribution is -0.139. The fourth-order valence-corrected chi connectivity index (χ4v) is 4.22. The predicted molar refractivity (Wildman–Crippen MR) is 133 cm³/mol. The molecule has 2 unspecified atom stereocenters. The van der Waals surface area contributed by atoms with Crippen LogP contribution in [0.3, 0.4) is 0 Å².